The first-order chi connectivity index (χ1) is 8.60. The van der Waals surface area contributed by atoms with E-state index >= 15 is 0 Å². The fraction of sp³-hybridized carbons (Fsp3) is 0.333. The molecule has 1 heterocycles. The third-order valence-electron chi connectivity index (χ3n) is 2.79. The quantitative estimate of drug-likeness (QED) is 0.853. The number of ether oxygens (including phenoxy) is 1. The molecule has 0 aliphatic heterocycles. The fourth-order valence-corrected chi connectivity index (χ4v) is 1.93. The van der Waals surface area contributed by atoms with Crippen molar-refractivity contribution < 1.29 is 9.84 Å². The van der Waals surface area contributed by atoms with Gasteiger partial charge in [0, 0.05) is 12.6 Å². The van der Waals surface area contributed by atoms with Crippen LogP contribution in [-0.4, -0.2) is 26.6 Å². The summed E-state index contributed by atoms with van der Waals surface area (Å²) < 4.78 is 7.67. The Kier molecular flexibility index (Phi) is 3.20. The molecular weight excluding hydrogens is 234 g/mol. The molecule has 0 spiro atoms. The Morgan fingerprint density at radius 3 is 2.78 bits per heavy atom. The number of aromatic nitrogens is 3. The van der Waals surface area contributed by atoms with Crippen molar-refractivity contribution in [2.45, 2.75) is 13.5 Å². The lowest BCUT2D eigenvalue weighted by Gasteiger charge is -2.11. The van der Waals surface area contributed by atoms with Crippen LogP contribution in [0.1, 0.15) is 11.1 Å². The number of benzene rings is 1. The second-order valence-electron chi connectivity index (χ2n) is 3.97. The number of aliphatic hydroxyl groups is 1. The molecule has 0 fully saturated rings. The van der Waals surface area contributed by atoms with Gasteiger partial charge in [-0.3, -0.25) is 0 Å². The molecule has 0 saturated carbocycles. The molecule has 0 atom stereocenters. The van der Waals surface area contributed by atoms with Crippen LogP contribution >= 0.6 is 0 Å². The van der Waals surface area contributed by atoms with Gasteiger partial charge in [0.2, 0.25) is 0 Å². The maximum Gasteiger partial charge on any atom is 0.353 e. The highest BCUT2D eigenvalue weighted by Crippen LogP contribution is 2.21. The summed E-state index contributed by atoms with van der Waals surface area (Å²) in [6.45, 7) is 1.72. The zero-order chi connectivity index (χ0) is 13.3. The van der Waals surface area contributed by atoms with E-state index in [0.717, 1.165) is 5.56 Å². The Hall–Kier alpha value is -2.08. The van der Waals surface area contributed by atoms with E-state index in [1.54, 1.807) is 13.1 Å². The molecule has 96 valence electrons. The van der Waals surface area contributed by atoms with Crippen LogP contribution in [-0.2, 0) is 13.7 Å². The molecule has 6 heteroatoms. The SMILES string of the molecule is COc1nn(C)c(=O)n1-c1c(C)cccc1CO. The van der Waals surface area contributed by atoms with Crippen molar-refractivity contribution in [3.8, 4) is 11.7 Å². The lowest BCUT2D eigenvalue weighted by atomic mass is 10.1. The first kappa shape index (κ1) is 12.4. The molecule has 1 aromatic heterocycles. The van der Waals surface area contributed by atoms with Gasteiger partial charge in [0.05, 0.1) is 19.4 Å². The van der Waals surface area contributed by atoms with Crippen molar-refractivity contribution >= 4 is 0 Å². The standard InChI is InChI=1S/C12H15N3O3/c1-8-5-4-6-9(7-16)10(8)15-11(18-3)13-14(2)12(15)17/h4-6,16H,7H2,1-3H3. The van der Waals surface area contributed by atoms with Crippen LogP contribution in [0.4, 0.5) is 0 Å². The fourth-order valence-electron chi connectivity index (χ4n) is 1.93. The van der Waals surface area contributed by atoms with Gasteiger partial charge in [-0.1, -0.05) is 18.2 Å². The lowest BCUT2D eigenvalue weighted by molar-refractivity contribution is 0.281. The minimum Gasteiger partial charge on any atom is -0.467 e. The molecule has 6 nitrogen and oxygen atoms in total. The van der Waals surface area contributed by atoms with Crippen molar-refractivity contribution in [1.82, 2.24) is 14.3 Å². The van der Waals surface area contributed by atoms with Crippen molar-refractivity contribution in [2.75, 3.05) is 7.11 Å². The van der Waals surface area contributed by atoms with E-state index in [9.17, 15) is 9.90 Å². The molecule has 18 heavy (non-hydrogen) atoms. The second-order valence-corrected chi connectivity index (χ2v) is 3.97. The molecule has 2 rings (SSSR count). The number of rotatable bonds is 3. The van der Waals surface area contributed by atoms with Gasteiger partial charge in [-0.2, -0.15) is 0 Å². The van der Waals surface area contributed by atoms with Crippen LogP contribution in [0.3, 0.4) is 0 Å². The summed E-state index contributed by atoms with van der Waals surface area (Å²) in [6, 6.07) is 5.67. The molecule has 0 amide bonds. The second kappa shape index (κ2) is 4.66. The highest BCUT2D eigenvalue weighted by Gasteiger charge is 2.17. The summed E-state index contributed by atoms with van der Waals surface area (Å²) in [5, 5.41) is 13.4. The van der Waals surface area contributed by atoms with Crippen molar-refractivity contribution in [3.05, 3.63) is 39.8 Å². The molecular formula is C12H15N3O3. The van der Waals surface area contributed by atoms with E-state index in [4.69, 9.17) is 4.74 Å². The van der Waals surface area contributed by atoms with E-state index in [-0.39, 0.29) is 18.3 Å². The number of aryl methyl sites for hydroxylation is 2. The van der Waals surface area contributed by atoms with Crippen molar-refractivity contribution in [3.63, 3.8) is 0 Å². The molecule has 0 aliphatic rings. The molecule has 0 saturated heterocycles. The van der Waals surface area contributed by atoms with Crippen LogP contribution < -0.4 is 10.4 Å². The maximum absolute atomic E-state index is 12.1. The number of hydrogen-bond donors (Lipinski definition) is 1. The molecule has 0 unspecified atom stereocenters. The Bertz CT molecular complexity index is 628. The van der Waals surface area contributed by atoms with Gasteiger partial charge in [0.1, 0.15) is 0 Å². The van der Waals surface area contributed by atoms with Gasteiger partial charge >= 0.3 is 11.7 Å². The number of para-hydroxylation sites is 1. The lowest BCUT2D eigenvalue weighted by Crippen LogP contribution is -2.23. The Labute approximate surface area is 104 Å². The molecule has 1 aromatic carbocycles. The molecule has 0 aliphatic carbocycles. The minimum atomic E-state index is -0.309. The number of hydrogen-bond acceptors (Lipinski definition) is 4. The van der Waals surface area contributed by atoms with Crippen LogP contribution in [0.25, 0.3) is 5.69 Å². The van der Waals surface area contributed by atoms with Gasteiger partial charge in [0.15, 0.2) is 0 Å². The van der Waals surface area contributed by atoms with E-state index in [1.807, 2.05) is 19.1 Å². The molecule has 0 bridgehead atoms. The van der Waals surface area contributed by atoms with E-state index in [1.165, 1.54) is 16.4 Å². The van der Waals surface area contributed by atoms with Gasteiger partial charge in [0.25, 0.3) is 0 Å². The summed E-state index contributed by atoms with van der Waals surface area (Å²) in [5.41, 5.74) is 1.84. The average molecular weight is 249 g/mol. The molecule has 0 radical (unpaired) electrons. The van der Waals surface area contributed by atoms with Crippen molar-refractivity contribution in [1.29, 1.82) is 0 Å². The number of nitrogens with zero attached hydrogens (tertiary/aromatic N) is 3. The summed E-state index contributed by atoms with van der Waals surface area (Å²) in [5.74, 6) is 0. The van der Waals surface area contributed by atoms with Gasteiger partial charge in [-0.05, 0) is 12.5 Å². The Morgan fingerprint density at radius 1 is 1.44 bits per heavy atom. The maximum atomic E-state index is 12.1. The smallest absolute Gasteiger partial charge is 0.353 e. The minimum absolute atomic E-state index is 0.151. The largest absolute Gasteiger partial charge is 0.467 e. The zero-order valence-corrected chi connectivity index (χ0v) is 10.5. The monoisotopic (exact) mass is 249 g/mol. The van der Waals surface area contributed by atoms with Crippen LogP contribution in [0.5, 0.6) is 6.01 Å². The van der Waals surface area contributed by atoms with E-state index < -0.39 is 0 Å². The summed E-state index contributed by atoms with van der Waals surface area (Å²) >= 11 is 0. The molecule has 1 N–H and O–H groups in total. The predicted octanol–water partition coefficient (Wildman–Crippen LogP) is 0.380. The normalized spacial score (nSPS) is 10.7. The van der Waals surface area contributed by atoms with Gasteiger partial charge in [-0.25, -0.2) is 14.0 Å². The van der Waals surface area contributed by atoms with Gasteiger partial charge in [-0.15, -0.1) is 5.10 Å². The van der Waals surface area contributed by atoms with Crippen LogP contribution in [0.2, 0.25) is 0 Å². The van der Waals surface area contributed by atoms with Gasteiger partial charge < -0.3 is 9.84 Å². The highest BCUT2D eigenvalue weighted by atomic mass is 16.5. The van der Waals surface area contributed by atoms with Crippen molar-refractivity contribution in [2.24, 2.45) is 7.05 Å². The first-order valence-electron chi connectivity index (χ1n) is 5.50. The summed E-state index contributed by atoms with van der Waals surface area (Å²) in [7, 11) is 3.01. The predicted molar refractivity (Wildman–Crippen MR) is 66.0 cm³/mol. The first-order valence-corrected chi connectivity index (χ1v) is 5.50. The Morgan fingerprint density at radius 2 is 2.17 bits per heavy atom. The van der Waals surface area contributed by atoms with E-state index in [0.29, 0.717) is 11.3 Å². The third kappa shape index (κ3) is 1.80. The summed E-state index contributed by atoms with van der Waals surface area (Å²) in [6.07, 6.45) is 0. The topological polar surface area (TPSA) is 69.3 Å². The van der Waals surface area contributed by atoms with E-state index in [2.05, 4.69) is 5.10 Å². The van der Waals surface area contributed by atoms with Crippen LogP contribution in [0, 0.1) is 6.92 Å². The molecule has 2 aromatic rings. The third-order valence-corrected chi connectivity index (χ3v) is 2.79. The zero-order valence-electron chi connectivity index (χ0n) is 10.5. The number of methoxy groups -OCH3 is 1. The average Bonchev–Trinajstić information content (AvgIpc) is 2.65. The Balaban J connectivity index is 2.80. The highest BCUT2D eigenvalue weighted by molar-refractivity contribution is 5.48. The summed E-state index contributed by atoms with van der Waals surface area (Å²) in [4.78, 5) is 12.1. The van der Waals surface area contributed by atoms with Crippen LogP contribution in [0.15, 0.2) is 23.0 Å². The number of aliphatic hydroxyl groups excluding tert-OH is 1.